The molecule has 19 heavy (non-hydrogen) atoms. The van der Waals surface area contributed by atoms with Crippen LogP contribution in [-0.4, -0.2) is 12.1 Å². The fourth-order valence-electron chi connectivity index (χ4n) is 1.99. The molecule has 0 amide bonds. The van der Waals surface area contributed by atoms with Crippen molar-refractivity contribution in [3.05, 3.63) is 59.4 Å². The van der Waals surface area contributed by atoms with E-state index in [0.29, 0.717) is 0 Å². The number of rotatable bonds is 5. The van der Waals surface area contributed by atoms with E-state index in [1.807, 2.05) is 24.5 Å². The van der Waals surface area contributed by atoms with E-state index >= 15 is 0 Å². The van der Waals surface area contributed by atoms with Crippen LogP contribution in [0.25, 0.3) is 0 Å². The Hall–Kier alpha value is -1.87. The summed E-state index contributed by atoms with van der Waals surface area (Å²) in [6.45, 7) is 5.08. The zero-order chi connectivity index (χ0) is 13.7. The Bertz CT molecular complexity index is 540. The molecule has 0 saturated carbocycles. The smallest absolute Gasteiger partial charge is 0.119 e. The monoisotopic (exact) mass is 256 g/mol. The molecule has 0 saturated heterocycles. The Labute approximate surface area is 114 Å². The number of nitrogens with zero attached hydrogens (tertiary/aromatic N) is 1. The molecule has 1 unspecified atom stereocenters. The second-order valence-corrected chi connectivity index (χ2v) is 4.68. The number of aryl methyl sites for hydroxylation is 1. The van der Waals surface area contributed by atoms with Gasteiger partial charge in [0, 0.05) is 25.0 Å². The molecule has 0 radical (unpaired) electrons. The molecule has 0 aliphatic rings. The van der Waals surface area contributed by atoms with Gasteiger partial charge in [-0.25, -0.2) is 0 Å². The summed E-state index contributed by atoms with van der Waals surface area (Å²) in [4.78, 5) is 4.11. The lowest BCUT2D eigenvalue weighted by atomic mass is 10.1. The predicted octanol–water partition coefficient (Wildman–Crippen LogP) is 3.25. The molecule has 3 nitrogen and oxygen atoms in total. The molecule has 2 rings (SSSR count). The Morgan fingerprint density at radius 3 is 2.89 bits per heavy atom. The summed E-state index contributed by atoms with van der Waals surface area (Å²) in [6, 6.07) is 10.5. The summed E-state index contributed by atoms with van der Waals surface area (Å²) in [6.07, 6.45) is 3.73. The van der Waals surface area contributed by atoms with Gasteiger partial charge in [-0.3, -0.25) is 4.98 Å². The number of ether oxygens (including phenoxy) is 1. The highest BCUT2D eigenvalue weighted by Gasteiger charge is 2.06. The van der Waals surface area contributed by atoms with E-state index in [9.17, 15) is 0 Å². The zero-order valence-electron chi connectivity index (χ0n) is 11.7. The summed E-state index contributed by atoms with van der Waals surface area (Å²) in [5.41, 5.74) is 3.73. The lowest BCUT2D eigenvalue weighted by Crippen LogP contribution is -2.18. The van der Waals surface area contributed by atoms with Crippen LogP contribution in [-0.2, 0) is 6.54 Å². The van der Waals surface area contributed by atoms with Gasteiger partial charge >= 0.3 is 0 Å². The first-order valence-electron chi connectivity index (χ1n) is 6.47. The maximum absolute atomic E-state index is 5.25. The second-order valence-electron chi connectivity index (χ2n) is 4.68. The van der Waals surface area contributed by atoms with E-state index in [4.69, 9.17) is 4.74 Å². The van der Waals surface area contributed by atoms with E-state index in [1.54, 1.807) is 7.11 Å². The molecular weight excluding hydrogens is 236 g/mol. The van der Waals surface area contributed by atoms with E-state index in [-0.39, 0.29) is 6.04 Å². The van der Waals surface area contributed by atoms with E-state index in [2.05, 4.69) is 42.3 Å². The largest absolute Gasteiger partial charge is 0.497 e. The number of hydrogen-bond acceptors (Lipinski definition) is 3. The Morgan fingerprint density at radius 1 is 1.32 bits per heavy atom. The minimum absolute atomic E-state index is 0.280. The van der Waals surface area contributed by atoms with Crippen molar-refractivity contribution in [2.45, 2.75) is 26.4 Å². The molecule has 100 valence electrons. The molecule has 0 fully saturated rings. The van der Waals surface area contributed by atoms with Crippen molar-refractivity contribution in [3.63, 3.8) is 0 Å². The van der Waals surface area contributed by atoms with Crippen molar-refractivity contribution in [1.29, 1.82) is 0 Å². The zero-order valence-corrected chi connectivity index (χ0v) is 11.7. The van der Waals surface area contributed by atoms with Crippen LogP contribution in [0.15, 0.2) is 42.7 Å². The van der Waals surface area contributed by atoms with Gasteiger partial charge in [0.2, 0.25) is 0 Å². The van der Waals surface area contributed by atoms with Crippen LogP contribution in [0.3, 0.4) is 0 Å². The lowest BCUT2D eigenvalue weighted by molar-refractivity contribution is 0.413. The predicted molar refractivity (Wildman–Crippen MR) is 77.2 cm³/mol. The molecule has 0 aliphatic carbocycles. The molecule has 2 aromatic rings. The highest BCUT2D eigenvalue weighted by atomic mass is 16.5. The molecule has 1 atom stereocenters. The maximum atomic E-state index is 5.25. The van der Waals surface area contributed by atoms with Crippen LogP contribution in [0, 0.1) is 6.92 Å². The highest BCUT2D eigenvalue weighted by molar-refractivity contribution is 5.30. The second kappa shape index (κ2) is 6.34. The fraction of sp³-hybridized carbons (Fsp3) is 0.312. The van der Waals surface area contributed by atoms with Gasteiger partial charge < -0.3 is 10.1 Å². The van der Waals surface area contributed by atoms with Gasteiger partial charge in [-0.2, -0.15) is 0 Å². The first kappa shape index (κ1) is 13.6. The quantitative estimate of drug-likeness (QED) is 0.891. The summed E-state index contributed by atoms with van der Waals surface area (Å²) < 4.78 is 5.25. The molecule has 3 heteroatoms. The molecule has 0 spiro atoms. The van der Waals surface area contributed by atoms with Gasteiger partial charge in [-0.05, 0) is 48.7 Å². The van der Waals surface area contributed by atoms with Crippen molar-refractivity contribution in [2.75, 3.05) is 7.11 Å². The van der Waals surface area contributed by atoms with Crippen molar-refractivity contribution in [2.24, 2.45) is 0 Å². The summed E-state index contributed by atoms with van der Waals surface area (Å²) in [5, 5.41) is 3.52. The van der Waals surface area contributed by atoms with Crippen LogP contribution in [0.4, 0.5) is 0 Å². The first-order valence-corrected chi connectivity index (χ1v) is 6.47. The Balaban J connectivity index is 2.01. The standard InChI is InChI=1S/C16H20N2O/c1-12-10-17-8-7-15(12)11-18-13(2)14-5-4-6-16(9-14)19-3/h4-10,13,18H,11H2,1-3H3. The van der Waals surface area contributed by atoms with Crippen LogP contribution in [0.1, 0.15) is 29.7 Å². The minimum Gasteiger partial charge on any atom is -0.497 e. The Kier molecular flexibility index (Phi) is 4.53. The fourth-order valence-corrected chi connectivity index (χ4v) is 1.99. The lowest BCUT2D eigenvalue weighted by Gasteiger charge is -2.16. The van der Waals surface area contributed by atoms with E-state index < -0.39 is 0 Å². The molecule has 1 aromatic heterocycles. The molecule has 1 heterocycles. The van der Waals surface area contributed by atoms with Crippen molar-refractivity contribution < 1.29 is 4.74 Å². The topological polar surface area (TPSA) is 34.1 Å². The Morgan fingerprint density at radius 2 is 2.16 bits per heavy atom. The van der Waals surface area contributed by atoms with Gasteiger partial charge in [-0.15, -0.1) is 0 Å². The van der Waals surface area contributed by atoms with Gasteiger partial charge in [0.15, 0.2) is 0 Å². The number of pyridine rings is 1. The minimum atomic E-state index is 0.280. The van der Waals surface area contributed by atoms with Crippen LogP contribution in [0.5, 0.6) is 5.75 Å². The van der Waals surface area contributed by atoms with E-state index in [1.165, 1.54) is 16.7 Å². The molecule has 1 N–H and O–H groups in total. The highest BCUT2D eigenvalue weighted by Crippen LogP contribution is 2.19. The van der Waals surface area contributed by atoms with Gasteiger partial charge in [0.25, 0.3) is 0 Å². The molecule has 1 aromatic carbocycles. The van der Waals surface area contributed by atoms with Crippen molar-refractivity contribution in [1.82, 2.24) is 10.3 Å². The van der Waals surface area contributed by atoms with Crippen molar-refractivity contribution >= 4 is 0 Å². The third-order valence-electron chi connectivity index (χ3n) is 3.33. The van der Waals surface area contributed by atoms with Crippen LogP contribution in [0.2, 0.25) is 0 Å². The van der Waals surface area contributed by atoms with Gasteiger partial charge in [-0.1, -0.05) is 12.1 Å². The third kappa shape index (κ3) is 3.55. The average Bonchev–Trinajstić information content (AvgIpc) is 2.46. The molecule has 0 aliphatic heterocycles. The normalized spacial score (nSPS) is 12.2. The number of nitrogens with one attached hydrogen (secondary N) is 1. The summed E-state index contributed by atoms with van der Waals surface area (Å²) in [7, 11) is 1.69. The van der Waals surface area contributed by atoms with E-state index in [0.717, 1.165) is 12.3 Å². The third-order valence-corrected chi connectivity index (χ3v) is 3.33. The van der Waals surface area contributed by atoms with Gasteiger partial charge in [0.05, 0.1) is 7.11 Å². The number of benzene rings is 1. The van der Waals surface area contributed by atoms with Crippen LogP contribution >= 0.6 is 0 Å². The summed E-state index contributed by atoms with van der Waals surface area (Å²) >= 11 is 0. The average molecular weight is 256 g/mol. The molecule has 0 bridgehead atoms. The van der Waals surface area contributed by atoms with Crippen molar-refractivity contribution in [3.8, 4) is 5.75 Å². The maximum Gasteiger partial charge on any atom is 0.119 e. The number of hydrogen-bond donors (Lipinski definition) is 1. The first-order chi connectivity index (χ1) is 9.20. The van der Waals surface area contributed by atoms with Crippen LogP contribution < -0.4 is 10.1 Å². The summed E-state index contributed by atoms with van der Waals surface area (Å²) in [5.74, 6) is 0.895. The number of methoxy groups -OCH3 is 1. The van der Waals surface area contributed by atoms with Gasteiger partial charge in [0.1, 0.15) is 5.75 Å². The SMILES string of the molecule is COc1cccc(C(C)NCc2ccncc2C)c1. The molecular formula is C16H20N2O. The number of aromatic nitrogens is 1.